The van der Waals surface area contributed by atoms with Gasteiger partial charge in [-0.2, -0.15) is 0 Å². The third-order valence-electron chi connectivity index (χ3n) is 0.918. The average Bonchev–Trinajstić information content (AvgIpc) is 1.85. The molecular formula is C7H12O4. The first-order valence-electron chi connectivity index (χ1n) is 3.43. The molecule has 0 fully saturated rings. The minimum absolute atomic E-state index is 0.283. The molecule has 0 aromatic heterocycles. The number of esters is 2. The lowest BCUT2D eigenvalue weighted by Gasteiger charge is -2.11. The number of hydrogen-bond donors (Lipinski definition) is 0. The van der Waals surface area contributed by atoms with Crippen molar-refractivity contribution in [1.29, 1.82) is 0 Å². The van der Waals surface area contributed by atoms with E-state index in [0.29, 0.717) is 0 Å². The summed E-state index contributed by atoms with van der Waals surface area (Å²) >= 11 is 0. The first kappa shape index (κ1) is 9.94. The van der Waals surface area contributed by atoms with E-state index in [1.54, 1.807) is 6.92 Å². The predicted octanol–water partition coefficient (Wildman–Crippen LogP) is 0.849. The highest BCUT2D eigenvalue weighted by molar-refractivity contribution is 5.69. The molecule has 0 radical (unpaired) electrons. The second-order valence-electron chi connectivity index (χ2n) is 2.02. The van der Waals surface area contributed by atoms with Gasteiger partial charge in [-0.05, 0) is 0 Å². The average molecular weight is 160 g/mol. The second-order valence-corrected chi connectivity index (χ2v) is 2.02. The fourth-order valence-electron chi connectivity index (χ4n) is 0.526. The van der Waals surface area contributed by atoms with E-state index in [0.717, 1.165) is 0 Å². The molecule has 0 saturated heterocycles. The van der Waals surface area contributed by atoms with Gasteiger partial charge in [0.25, 0.3) is 0 Å². The Labute approximate surface area is 65.5 Å². The van der Waals surface area contributed by atoms with Crippen molar-refractivity contribution in [3.05, 3.63) is 0 Å². The molecule has 0 N–H and O–H groups in total. The Morgan fingerprint density at radius 3 is 2.27 bits per heavy atom. The highest BCUT2D eigenvalue weighted by atomic mass is 16.7. The van der Waals surface area contributed by atoms with Crippen LogP contribution in [0.3, 0.4) is 0 Å². The third-order valence-corrected chi connectivity index (χ3v) is 0.918. The first-order chi connectivity index (χ1) is 5.06. The summed E-state index contributed by atoms with van der Waals surface area (Å²) in [5.41, 5.74) is 0. The monoisotopic (exact) mass is 160 g/mol. The van der Waals surface area contributed by atoms with Gasteiger partial charge in [-0.3, -0.25) is 9.59 Å². The fraction of sp³-hybridized carbons (Fsp3) is 0.714. The van der Waals surface area contributed by atoms with E-state index in [1.807, 2.05) is 0 Å². The molecule has 0 aliphatic rings. The van der Waals surface area contributed by atoms with Crippen LogP contribution in [0, 0.1) is 0 Å². The maximum atomic E-state index is 10.6. The fourth-order valence-corrected chi connectivity index (χ4v) is 0.526. The zero-order valence-electron chi connectivity index (χ0n) is 6.92. The van der Waals surface area contributed by atoms with Gasteiger partial charge in [-0.15, -0.1) is 0 Å². The molecule has 1 atom stereocenters. The molecule has 0 bridgehead atoms. The molecule has 4 nitrogen and oxygen atoms in total. The van der Waals surface area contributed by atoms with Gasteiger partial charge in [0.15, 0.2) is 0 Å². The summed E-state index contributed by atoms with van der Waals surface area (Å²) < 4.78 is 9.17. The predicted molar refractivity (Wildman–Crippen MR) is 37.6 cm³/mol. The van der Waals surface area contributed by atoms with Crippen LogP contribution >= 0.6 is 0 Å². The minimum atomic E-state index is -0.778. The number of hydrogen-bond acceptors (Lipinski definition) is 4. The van der Waals surface area contributed by atoms with Crippen molar-refractivity contribution < 1.29 is 19.1 Å². The minimum Gasteiger partial charge on any atom is -0.426 e. The Bertz CT molecular complexity index is 153. The second kappa shape index (κ2) is 4.71. The number of rotatable bonds is 3. The summed E-state index contributed by atoms with van der Waals surface area (Å²) in [6.07, 6.45) is -0.494. The summed E-state index contributed by atoms with van der Waals surface area (Å²) in [5, 5.41) is 0. The van der Waals surface area contributed by atoms with Crippen LogP contribution in [0.25, 0.3) is 0 Å². The van der Waals surface area contributed by atoms with Crippen molar-refractivity contribution in [3.8, 4) is 0 Å². The van der Waals surface area contributed by atoms with Gasteiger partial charge in [-0.1, -0.05) is 6.92 Å². The Hall–Kier alpha value is -1.06. The molecule has 11 heavy (non-hydrogen) atoms. The van der Waals surface area contributed by atoms with Crippen LogP contribution in [0.15, 0.2) is 0 Å². The van der Waals surface area contributed by atoms with Crippen molar-refractivity contribution in [2.45, 2.75) is 33.5 Å². The van der Waals surface area contributed by atoms with Gasteiger partial charge in [-0.25, -0.2) is 0 Å². The molecule has 0 saturated carbocycles. The first-order valence-corrected chi connectivity index (χ1v) is 3.43. The van der Waals surface area contributed by atoms with Crippen LogP contribution in [0.2, 0.25) is 0 Å². The number of carbonyl (C=O) groups is 2. The van der Waals surface area contributed by atoms with Crippen LogP contribution in [0.1, 0.15) is 27.2 Å². The molecule has 0 heterocycles. The van der Waals surface area contributed by atoms with Crippen LogP contribution in [0.4, 0.5) is 0 Å². The van der Waals surface area contributed by atoms with Crippen LogP contribution in [0.5, 0.6) is 0 Å². The smallest absolute Gasteiger partial charge is 0.308 e. The van der Waals surface area contributed by atoms with Crippen molar-refractivity contribution in [3.63, 3.8) is 0 Å². The lowest BCUT2D eigenvalue weighted by molar-refractivity contribution is -0.182. The van der Waals surface area contributed by atoms with Gasteiger partial charge in [0.05, 0.1) is 0 Å². The number of ether oxygens (including phenoxy) is 2. The quantitative estimate of drug-likeness (QED) is 0.453. The SMILES string of the molecule is CCC(=O)OC(C)OC(C)=O. The van der Waals surface area contributed by atoms with Gasteiger partial charge >= 0.3 is 11.9 Å². The summed E-state index contributed by atoms with van der Waals surface area (Å²) in [4.78, 5) is 20.9. The van der Waals surface area contributed by atoms with Gasteiger partial charge < -0.3 is 9.47 Å². The largest absolute Gasteiger partial charge is 0.426 e. The summed E-state index contributed by atoms with van der Waals surface area (Å²) in [6, 6.07) is 0. The summed E-state index contributed by atoms with van der Waals surface area (Å²) in [5.74, 6) is -0.833. The molecule has 4 heteroatoms. The van der Waals surface area contributed by atoms with E-state index in [4.69, 9.17) is 0 Å². The van der Waals surface area contributed by atoms with E-state index < -0.39 is 12.3 Å². The summed E-state index contributed by atoms with van der Waals surface area (Å²) in [6.45, 7) is 4.42. The maximum Gasteiger partial charge on any atom is 0.308 e. The topological polar surface area (TPSA) is 52.6 Å². The Kier molecular flexibility index (Phi) is 4.26. The van der Waals surface area contributed by atoms with Gasteiger partial charge in [0, 0.05) is 20.3 Å². The molecule has 0 aromatic carbocycles. The normalized spacial score (nSPS) is 11.9. The van der Waals surface area contributed by atoms with Gasteiger partial charge in [0.2, 0.25) is 6.29 Å². The molecule has 1 unspecified atom stereocenters. The molecule has 0 aromatic rings. The van der Waals surface area contributed by atoms with E-state index >= 15 is 0 Å². The molecule has 0 amide bonds. The van der Waals surface area contributed by atoms with Crippen molar-refractivity contribution >= 4 is 11.9 Å². The van der Waals surface area contributed by atoms with E-state index in [2.05, 4.69) is 9.47 Å². The molecule has 0 aliphatic carbocycles. The van der Waals surface area contributed by atoms with Crippen LogP contribution in [-0.2, 0) is 19.1 Å². The molecule has 0 aliphatic heterocycles. The Morgan fingerprint density at radius 2 is 1.91 bits per heavy atom. The highest BCUT2D eigenvalue weighted by Gasteiger charge is 2.08. The lowest BCUT2D eigenvalue weighted by atomic mass is 10.5. The van der Waals surface area contributed by atoms with Crippen LogP contribution in [-0.4, -0.2) is 18.2 Å². The van der Waals surface area contributed by atoms with E-state index in [1.165, 1.54) is 13.8 Å². The molecule has 0 rings (SSSR count). The molecular weight excluding hydrogens is 148 g/mol. The van der Waals surface area contributed by atoms with Gasteiger partial charge in [0.1, 0.15) is 0 Å². The molecule has 64 valence electrons. The maximum absolute atomic E-state index is 10.6. The lowest BCUT2D eigenvalue weighted by Crippen LogP contribution is -2.19. The van der Waals surface area contributed by atoms with Crippen molar-refractivity contribution in [1.82, 2.24) is 0 Å². The van der Waals surface area contributed by atoms with Crippen molar-refractivity contribution in [2.24, 2.45) is 0 Å². The third kappa shape index (κ3) is 5.39. The Balaban J connectivity index is 3.60. The molecule has 0 spiro atoms. The number of carbonyl (C=O) groups excluding carboxylic acids is 2. The van der Waals surface area contributed by atoms with E-state index in [9.17, 15) is 9.59 Å². The highest BCUT2D eigenvalue weighted by Crippen LogP contribution is 1.96. The zero-order valence-corrected chi connectivity index (χ0v) is 6.92. The Morgan fingerprint density at radius 1 is 1.36 bits per heavy atom. The van der Waals surface area contributed by atoms with E-state index in [-0.39, 0.29) is 12.4 Å². The summed E-state index contributed by atoms with van der Waals surface area (Å²) in [7, 11) is 0. The van der Waals surface area contributed by atoms with Crippen molar-refractivity contribution in [2.75, 3.05) is 0 Å². The zero-order chi connectivity index (χ0) is 8.85. The standard InChI is InChI=1S/C7H12O4/c1-4-7(9)11-6(3)10-5(2)8/h6H,4H2,1-3H3. The van der Waals surface area contributed by atoms with Crippen LogP contribution < -0.4 is 0 Å².